The summed E-state index contributed by atoms with van der Waals surface area (Å²) in [7, 11) is 1.25. The second-order valence-electron chi connectivity index (χ2n) is 19.2. The molecule has 0 aromatic rings. The van der Waals surface area contributed by atoms with Gasteiger partial charge in [-0.25, -0.2) is 0 Å². The molecule has 0 aliphatic heterocycles. The van der Waals surface area contributed by atoms with Gasteiger partial charge in [-0.2, -0.15) is 0 Å². The summed E-state index contributed by atoms with van der Waals surface area (Å²) >= 11 is 0. The molecule has 0 fully saturated rings. The number of carbonyl (C=O) groups excluding carboxylic acids is 1. The normalized spacial score (nSPS) is 14.9. The van der Waals surface area contributed by atoms with E-state index in [0.29, 0.717) is 23.9 Å². The molecule has 0 radical (unpaired) electrons. The maximum absolute atomic E-state index is 12.9. The van der Waals surface area contributed by atoms with Crippen molar-refractivity contribution in [2.45, 2.75) is 219 Å². The summed E-state index contributed by atoms with van der Waals surface area (Å²) in [5.41, 5.74) is 0. The van der Waals surface area contributed by atoms with E-state index in [2.05, 4.69) is 129 Å². The van der Waals surface area contributed by atoms with Crippen LogP contribution in [0.25, 0.3) is 0 Å². The van der Waals surface area contributed by atoms with Crippen LogP contribution in [0.1, 0.15) is 206 Å². The third-order valence-electron chi connectivity index (χ3n) is 11.5. The Morgan fingerprint density at radius 1 is 0.529 bits per heavy atom. The maximum atomic E-state index is 12.9. The number of carbonyl (C=O) groups is 1. The number of unbranched alkanes of at least 4 members (excludes halogenated alkanes) is 17. The smallest absolute Gasteiger partial charge is 0.268 e. The average molecular weight is 967 g/mol. The fourth-order valence-electron chi connectivity index (χ4n) is 7.28. The number of hydrogen-bond donors (Lipinski definition) is 2. The van der Waals surface area contributed by atoms with Crippen molar-refractivity contribution >= 4 is 13.7 Å². The maximum Gasteiger partial charge on any atom is 0.268 e. The van der Waals surface area contributed by atoms with Gasteiger partial charge in [-0.05, 0) is 77.0 Å². The summed E-state index contributed by atoms with van der Waals surface area (Å²) in [6.07, 6.45) is 71.2. The van der Waals surface area contributed by atoms with E-state index in [1.54, 1.807) is 0 Å². The molecule has 0 rings (SSSR count). The lowest BCUT2D eigenvalue weighted by Crippen LogP contribution is -2.46. The summed E-state index contributed by atoms with van der Waals surface area (Å²) in [5, 5.41) is 13.9. The number of amides is 1. The largest absolute Gasteiger partial charge is 0.756 e. The molecule has 390 valence electrons. The van der Waals surface area contributed by atoms with Gasteiger partial charge >= 0.3 is 0 Å². The zero-order valence-electron chi connectivity index (χ0n) is 44.3. The van der Waals surface area contributed by atoms with E-state index in [4.69, 9.17) is 9.05 Å². The lowest BCUT2D eigenvalue weighted by molar-refractivity contribution is -0.870. The van der Waals surface area contributed by atoms with Gasteiger partial charge in [0, 0.05) is 6.42 Å². The fraction of sp³-hybridized carbons (Fsp3) is 0.678. The van der Waals surface area contributed by atoms with Crippen LogP contribution < -0.4 is 10.2 Å². The Kier molecular flexibility index (Phi) is 47.1. The van der Waals surface area contributed by atoms with Crippen LogP contribution in [0.4, 0.5) is 0 Å². The van der Waals surface area contributed by atoms with E-state index < -0.39 is 20.0 Å². The van der Waals surface area contributed by atoms with Crippen molar-refractivity contribution in [3.05, 3.63) is 109 Å². The minimum atomic E-state index is -4.59. The van der Waals surface area contributed by atoms with Crippen LogP contribution in [0, 0.1) is 0 Å². The SMILES string of the molecule is CC/C=C\C/C=C\C/C=C\C/C=C\C/C=C\C/C=C\C/C=C\C/C=C\C/C=C\CCCC(=O)NC(COP(=O)([O-])OCC[N+](C)(C)C)C(O)CCCCCCCCCCCCCCCCCCC. The first kappa shape index (κ1) is 65.2. The summed E-state index contributed by atoms with van der Waals surface area (Å²) in [6.45, 7) is 4.56. The zero-order valence-corrected chi connectivity index (χ0v) is 45.2. The van der Waals surface area contributed by atoms with Gasteiger partial charge in [-0.15, -0.1) is 0 Å². The number of hydrogen-bond acceptors (Lipinski definition) is 6. The number of aliphatic hydroxyl groups excluding tert-OH is 1. The number of nitrogens with one attached hydrogen (secondary N) is 1. The van der Waals surface area contributed by atoms with E-state index in [9.17, 15) is 19.4 Å². The van der Waals surface area contributed by atoms with E-state index in [1.165, 1.54) is 89.9 Å². The molecular weight excluding hydrogens is 864 g/mol. The van der Waals surface area contributed by atoms with Crippen molar-refractivity contribution in [3.63, 3.8) is 0 Å². The Labute approximate surface area is 419 Å². The van der Waals surface area contributed by atoms with Crippen LogP contribution in [-0.2, 0) is 18.4 Å². The molecule has 0 aliphatic carbocycles. The quantitative estimate of drug-likeness (QED) is 0.0272. The number of nitrogens with zero attached hydrogens (tertiary/aromatic N) is 1. The average Bonchev–Trinajstić information content (AvgIpc) is 3.30. The number of rotatable bonds is 48. The van der Waals surface area contributed by atoms with Gasteiger partial charge in [0.1, 0.15) is 13.2 Å². The summed E-state index contributed by atoms with van der Waals surface area (Å²) in [5.74, 6) is -0.226. The van der Waals surface area contributed by atoms with Crippen LogP contribution in [0.3, 0.4) is 0 Å². The van der Waals surface area contributed by atoms with Crippen LogP contribution >= 0.6 is 7.82 Å². The third-order valence-corrected chi connectivity index (χ3v) is 12.5. The zero-order chi connectivity index (χ0) is 49.9. The minimum Gasteiger partial charge on any atom is -0.756 e. The molecule has 0 saturated carbocycles. The highest BCUT2D eigenvalue weighted by Crippen LogP contribution is 2.38. The van der Waals surface area contributed by atoms with Gasteiger partial charge in [0.05, 0.1) is 39.9 Å². The van der Waals surface area contributed by atoms with Gasteiger partial charge in [-0.1, -0.05) is 232 Å². The second-order valence-corrected chi connectivity index (χ2v) is 20.6. The van der Waals surface area contributed by atoms with E-state index in [1.807, 2.05) is 21.1 Å². The van der Waals surface area contributed by atoms with Crippen molar-refractivity contribution in [2.75, 3.05) is 40.9 Å². The molecule has 8 nitrogen and oxygen atoms in total. The molecule has 0 aromatic heterocycles. The lowest BCUT2D eigenvalue weighted by atomic mass is 10.0. The highest BCUT2D eigenvalue weighted by atomic mass is 31.2. The molecule has 0 aliphatic rings. The second kappa shape index (κ2) is 49.2. The van der Waals surface area contributed by atoms with E-state index in [0.717, 1.165) is 83.5 Å². The number of aliphatic hydroxyl groups is 1. The lowest BCUT2D eigenvalue weighted by Gasteiger charge is -2.30. The molecule has 0 saturated heterocycles. The molecule has 3 atom stereocenters. The molecule has 3 unspecified atom stereocenters. The molecule has 0 spiro atoms. The van der Waals surface area contributed by atoms with Gasteiger partial charge in [-0.3, -0.25) is 9.36 Å². The van der Waals surface area contributed by atoms with Gasteiger partial charge in [0.2, 0.25) is 5.91 Å². The predicted molar refractivity (Wildman–Crippen MR) is 292 cm³/mol. The van der Waals surface area contributed by atoms with Crippen molar-refractivity contribution < 1.29 is 32.9 Å². The number of phosphoric ester groups is 1. The monoisotopic (exact) mass is 967 g/mol. The predicted octanol–water partition coefficient (Wildman–Crippen LogP) is 15.8. The molecular formula is C59H103N2O6P. The highest BCUT2D eigenvalue weighted by Gasteiger charge is 2.24. The molecule has 2 N–H and O–H groups in total. The van der Waals surface area contributed by atoms with Gasteiger partial charge in [0.25, 0.3) is 7.82 Å². The van der Waals surface area contributed by atoms with Crippen LogP contribution in [0.15, 0.2) is 109 Å². The fourth-order valence-corrected chi connectivity index (χ4v) is 8.00. The van der Waals surface area contributed by atoms with E-state index >= 15 is 0 Å². The summed E-state index contributed by atoms with van der Waals surface area (Å²) in [4.78, 5) is 25.5. The number of phosphoric acid groups is 1. The minimum absolute atomic E-state index is 0.00476. The number of allylic oxidation sites excluding steroid dienone is 18. The Bertz CT molecular complexity index is 1470. The van der Waals surface area contributed by atoms with Crippen LogP contribution in [0.2, 0.25) is 0 Å². The third kappa shape index (κ3) is 51.0. The number of quaternary nitrogens is 1. The first-order valence-corrected chi connectivity index (χ1v) is 28.7. The van der Waals surface area contributed by atoms with Gasteiger partial charge in [0.15, 0.2) is 0 Å². The number of likely N-dealkylation sites (N-methyl/N-ethyl adjacent to an activating group) is 1. The van der Waals surface area contributed by atoms with Gasteiger partial charge < -0.3 is 28.8 Å². The molecule has 68 heavy (non-hydrogen) atoms. The van der Waals surface area contributed by atoms with Crippen LogP contribution in [-0.4, -0.2) is 68.5 Å². The molecule has 0 bridgehead atoms. The Morgan fingerprint density at radius 2 is 0.882 bits per heavy atom. The first-order chi connectivity index (χ1) is 33.0. The van der Waals surface area contributed by atoms with Crippen molar-refractivity contribution in [2.24, 2.45) is 0 Å². The van der Waals surface area contributed by atoms with E-state index in [-0.39, 0.29) is 25.5 Å². The topological polar surface area (TPSA) is 108 Å². The van der Waals surface area contributed by atoms with Crippen molar-refractivity contribution in [1.29, 1.82) is 0 Å². The Hall–Kier alpha value is -2.84. The molecule has 0 aromatic carbocycles. The molecule has 9 heteroatoms. The first-order valence-electron chi connectivity index (χ1n) is 27.2. The van der Waals surface area contributed by atoms with Crippen molar-refractivity contribution in [3.8, 4) is 0 Å². The standard InChI is InChI=1S/C59H103N2O6P/c1-6-8-10-12-14-16-18-20-22-24-25-26-27-28-29-30-31-32-33-34-35-37-39-41-43-45-47-49-51-53-59(63)60-57(56-67-68(64,65)66-55-54-61(3,4)5)58(62)52-50-48-46-44-42-40-38-36-23-21-19-17-15-13-11-9-7-2/h8,10,14,16,20,22,25-26,28-29,31-32,34-35,39,41,45,47,57-58,62H,6-7,9,11-13,15,17-19,21,23-24,27,30,33,36-38,40,42-44,46,48-56H2,1-5H3,(H-,60,63,64,65)/b10-8-,16-14-,22-20-,26-25-,29-28-,32-31-,35-34-,41-39-,47-45-. The summed E-state index contributed by atoms with van der Waals surface area (Å²) < 4.78 is 23.3. The molecule has 0 heterocycles. The van der Waals surface area contributed by atoms with Crippen LogP contribution in [0.5, 0.6) is 0 Å². The molecule has 1 amide bonds. The summed E-state index contributed by atoms with van der Waals surface area (Å²) in [6, 6.07) is -0.840. The van der Waals surface area contributed by atoms with Crippen molar-refractivity contribution in [1.82, 2.24) is 5.32 Å². The Balaban J connectivity index is 4.37. The highest BCUT2D eigenvalue weighted by molar-refractivity contribution is 7.45. The Morgan fingerprint density at radius 3 is 1.25 bits per heavy atom.